The standard InChI is InChI=1S/C18H26N4O4/c1-3-8-18(12-6-9-20-10-7-12)16(24)22(17(25)21-18)11-13-4-5-14(26-13)15(23)19-2/h4-5,12,20H,3,6-11H2,1-2H3,(H,19,23)(H,21,25)/t18-/m1/s1. The van der Waals surface area contributed by atoms with Crippen molar-refractivity contribution in [3.05, 3.63) is 23.7 Å². The van der Waals surface area contributed by atoms with Gasteiger partial charge in [0.2, 0.25) is 0 Å². The normalized spacial score (nSPS) is 24.0. The van der Waals surface area contributed by atoms with Crippen LogP contribution in [0.25, 0.3) is 0 Å². The van der Waals surface area contributed by atoms with E-state index < -0.39 is 5.54 Å². The maximum atomic E-state index is 13.2. The van der Waals surface area contributed by atoms with Crippen LogP contribution < -0.4 is 16.0 Å². The highest BCUT2D eigenvalue weighted by Gasteiger charge is 2.55. The van der Waals surface area contributed by atoms with Gasteiger partial charge in [-0.1, -0.05) is 13.3 Å². The zero-order valence-corrected chi connectivity index (χ0v) is 15.3. The van der Waals surface area contributed by atoms with Gasteiger partial charge in [-0.05, 0) is 50.4 Å². The van der Waals surface area contributed by atoms with E-state index in [0.717, 1.165) is 32.4 Å². The SMILES string of the molecule is CCC[C@]1(C2CCNCC2)NC(=O)N(Cc2ccc(C(=O)NC)o2)C1=O. The molecule has 8 nitrogen and oxygen atoms in total. The van der Waals surface area contributed by atoms with Crippen molar-refractivity contribution in [1.29, 1.82) is 0 Å². The topological polar surface area (TPSA) is 104 Å². The minimum absolute atomic E-state index is 0.0259. The zero-order chi connectivity index (χ0) is 18.7. The third kappa shape index (κ3) is 3.21. The van der Waals surface area contributed by atoms with E-state index in [2.05, 4.69) is 16.0 Å². The van der Waals surface area contributed by atoms with Crippen LogP contribution in [0.15, 0.2) is 16.5 Å². The number of nitrogens with zero attached hydrogens (tertiary/aromatic N) is 1. The van der Waals surface area contributed by atoms with Gasteiger partial charge in [0.15, 0.2) is 5.76 Å². The molecule has 26 heavy (non-hydrogen) atoms. The fraction of sp³-hybridized carbons (Fsp3) is 0.611. The van der Waals surface area contributed by atoms with Crippen LogP contribution in [0.3, 0.4) is 0 Å². The van der Waals surface area contributed by atoms with Gasteiger partial charge in [0.1, 0.15) is 11.3 Å². The number of furan rings is 1. The molecule has 3 heterocycles. The van der Waals surface area contributed by atoms with E-state index in [1.54, 1.807) is 12.1 Å². The monoisotopic (exact) mass is 362 g/mol. The molecule has 0 spiro atoms. The summed E-state index contributed by atoms with van der Waals surface area (Å²) in [5.74, 6) is 0.165. The Morgan fingerprint density at radius 3 is 2.73 bits per heavy atom. The van der Waals surface area contributed by atoms with Crippen molar-refractivity contribution in [2.75, 3.05) is 20.1 Å². The Balaban J connectivity index is 1.80. The molecular weight excluding hydrogens is 336 g/mol. The van der Waals surface area contributed by atoms with Gasteiger partial charge in [-0.2, -0.15) is 0 Å². The number of hydrogen-bond acceptors (Lipinski definition) is 5. The van der Waals surface area contributed by atoms with Crippen molar-refractivity contribution in [2.45, 2.75) is 44.7 Å². The second-order valence-corrected chi connectivity index (χ2v) is 6.91. The number of amides is 4. The quantitative estimate of drug-likeness (QED) is 0.661. The van der Waals surface area contributed by atoms with Gasteiger partial charge in [0.25, 0.3) is 11.8 Å². The molecular formula is C18H26N4O4. The van der Waals surface area contributed by atoms with Crippen LogP contribution in [0.2, 0.25) is 0 Å². The summed E-state index contributed by atoms with van der Waals surface area (Å²) in [6, 6.07) is 2.77. The first-order valence-corrected chi connectivity index (χ1v) is 9.17. The number of imide groups is 1. The largest absolute Gasteiger partial charge is 0.454 e. The van der Waals surface area contributed by atoms with E-state index in [4.69, 9.17) is 4.42 Å². The van der Waals surface area contributed by atoms with Crippen molar-refractivity contribution in [3.8, 4) is 0 Å². The zero-order valence-electron chi connectivity index (χ0n) is 15.3. The van der Waals surface area contributed by atoms with Gasteiger partial charge in [0, 0.05) is 7.05 Å². The lowest BCUT2D eigenvalue weighted by Gasteiger charge is -2.37. The summed E-state index contributed by atoms with van der Waals surface area (Å²) >= 11 is 0. The lowest BCUT2D eigenvalue weighted by molar-refractivity contribution is -0.134. The van der Waals surface area contributed by atoms with Crippen LogP contribution >= 0.6 is 0 Å². The van der Waals surface area contributed by atoms with Gasteiger partial charge >= 0.3 is 6.03 Å². The Morgan fingerprint density at radius 2 is 2.08 bits per heavy atom. The lowest BCUT2D eigenvalue weighted by atomic mass is 9.75. The number of hydrogen-bond donors (Lipinski definition) is 3. The molecule has 0 aliphatic carbocycles. The third-order valence-corrected chi connectivity index (χ3v) is 5.31. The van der Waals surface area contributed by atoms with Gasteiger partial charge in [-0.3, -0.25) is 14.5 Å². The Labute approximate surface area is 152 Å². The van der Waals surface area contributed by atoms with Crippen molar-refractivity contribution < 1.29 is 18.8 Å². The van der Waals surface area contributed by atoms with E-state index in [-0.39, 0.29) is 36.1 Å². The van der Waals surface area contributed by atoms with Crippen LogP contribution in [0.5, 0.6) is 0 Å². The Bertz CT molecular complexity index is 695. The van der Waals surface area contributed by atoms with E-state index in [1.165, 1.54) is 11.9 Å². The maximum Gasteiger partial charge on any atom is 0.325 e. The summed E-state index contributed by atoms with van der Waals surface area (Å²) in [4.78, 5) is 38.6. The molecule has 2 saturated heterocycles. The van der Waals surface area contributed by atoms with Gasteiger partial charge in [-0.15, -0.1) is 0 Å². The summed E-state index contributed by atoms with van der Waals surface area (Å²) in [5, 5.41) is 8.77. The number of rotatable bonds is 6. The Hall–Kier alpha value is -2.35. The molecule has 3 rings (SSSR count). The molecule has 0 aromatic carbocycles. The van der Waals surface area contributed by atoms with Gasteiger partial charge in [0.05, 0.1) is 6.54 Å². The van der Waals surface area contributed by atoms with Crippen LogP contribution in [0.4, 0.5) is 4.79 Å². The summed E-state index contributed by atoms with van der Waals surface area (Å²) in [5.41, 5.74) is -0.829. The number of carbonyl (C=O) groups is 3. The van der Waals surface area contributed by atoms with Crippen molar-refractivity contribution >= 4 is 17.8 Å². The smallest absolute Gasteiger partial charge is 0.325 e. The molecule has 1 aromatic rings. The molecule has 3 N–H and O–H groups in total. The first kappa shape index (κ1) is 18.4. The molecule has 0 saturated carbocycles. The molecule has 2 aliphatic rings. The van der Waals surface area contributed by atoms with E-state index in [1.807, 2.05) is 6.92 Å². The number of carbonyl (C=O) groups excluding carboxylic acids is 3. The first-order chi connectivity index (χ1) is 12.5. The average Bonchev–Trinajstić information content (AvgIpc) is 3.22. The number of nitrogens with one attached hydrogen (secondary N) is 3. The summed E-state index contributed by atoms with van der Waals surface area (Å²) in [6.45, 7) is 3.76. The number of piperidine rings is 1. The van der Waals surface area contributed by atoms with Crippen molar-refractivity contribution in [3.63, 3.8) is 0 Å². The minimum Gasteiger partial charge on any atom is -0.454 e. The average molecular weight is 362 g/mol. The number of urea groups is 1. The van der Waals surface area contributed by atoms with Crippen LogP contribution in [0.1, 0.15) is 48.9 Å². The fourth-order valence-electron chi connectivity index (χ4n) is 4.01. The summed E-state index contributed by atoms with van der Waals surface area (Å²) in [7, 11) is 1.51. The summed E-state index contributed by atoms with van der Waals surface area (Å²) < 4.78 is 5.47. The van der Waals surface area contributed by atoms with Crippen LogP contribution in [0, 0.1) is 5.92 Å². The molecule has 4 amide bonds. The van der Waals surface area contributed by atoms with Crippen molar-refractivity contribution in [2.24, 2.45) is 5.92 Å². The van der Waals surface area contributed by atoms with Gasteiger partial charge < -0.3 is 20.4 Å². The van der Waals surface area contributed by atoms with Gasteiger partial charge in [-0.25, -0.2) is 4.79 Å². The van der Waals surface area contributed by atoms with E-state index >= 15 is 0 Å². The minimum atomic E-state index is -0.829. The first-order valence-electron chi connectivity index (χ1n) is 9.17. The van der Waals surface area contributed by atoms with Crippen LogP contribution in [-0.2, 0) is 11.3 Å². The van der Waals surface area contributed by atoms with Crippen molar-refractivity contribution in [1.82, 2.24) is 20.9 Å². The highest BCUT2D eigenvalue weighted by atomic mass is 16.4. The van der Waals surface area contributed by atoms with E-state index in [0.29, 0.717) is 12.2 Å². The molecule has 2 aliphatic heterocycles. The summed E-state index contributed by atoms with van der Waals surface area (Å²) in [6.07, 6.45) is 3.16. The third-order valence-electron chi connectivity index (χ3n) is 5.31. The maximum absolute atomic E-state index is 13.2. The molecule has 1 atom stereocenters. The highest BCUT2D eigenvalue weighted by Crippen LogP contribution is 2.36. The molecule has 0 unspecified atom stereocenters. The molecule has 8 heteroatoms. The van der Waals surface area contributed by atoms with E-state index in [9.17, 15) is 14.4 Å². The fourth-order valence-corrected chi connectivity index (χ4v) is 4.01. The van der Waals surface area contributed by atoms with Crippen LogP contribution in [-0.4, -0.2) is 48.4 Å². The molecule has 1 aromatic heterocycles. The Morgan fingerprint density at radius 1 is 1.35 bits per heavy atom. The second-order valence-electron chi connectivity index (χ2n) is 6.91. The predicted octanol–water partition coefficient (Wildman–Crippen LogP) is 1.23. The lowest BCUT2D eigenvalue weighted by Crippen LogP contribution is -2.55. The molecule has 0 radical (unpaired) electrons. The Kier molecular flexibility index (Phi) is 5.31. The molecule has 0 bridgehead atoms. The molecule has 2 fully saturated rings. The second kappa shape index (κ2) is 7.49. The predicted molar refractivity (Wildman–Crippen MR) is 94.4 cm³/mol. The molecule has 142 valence electrons. The highest BCUT2D eigenvalue weighted by molar-refractivity contribution is 6.07.